The Morgan fingerprint density at radius 1 is 1.26 bits per heavy atom. The number of benzene rings is 2. The number of fused-ring (bicyclic) bond motifs is 1. The van der Waals surface area contributed by atoms with Gasteiger partial charge in [0.1, 0.15) is 11.9 Å². The molecule has 1 N–H and O–H groups in total. The zero-order valence-corrected chi connectivity index (χ0v) is 13.6. The third-order valence-electron chi connectivity index (χ3n) is 3.87. The molecule has 0 bridgehead atoms. The van der Waals surface area contributed by atoms with Gasteiger partial charge in [0.2, 0.25) is 0 Å². The monoisotopic (exact) mass is 324 g/mol. The van der Waals surface area contributed by atoms with Crippen molar-refractivity contribution in [3.8, 4) is 6.07 Å². The lowest BCUT2D eigenvalue weighted by Crippen LogP contribution is -2.06. The maximum Gasteiger partial charge on any atom is 0.109 e. The number of nitriles is 1. The Bertz CT molecular complexity index is 876. The molecule has 1 aromatic heterocycles. The highest BCUT2D eigenvalue weighted by Crippen LogP contribution is 2.20. The third-order valence-corrected chi connectivity index (χ3v) is 4.11. The van der Waals surface area contributed by atoms with E-state index in [2.05, 4.69) is 27.0 Å². The molecule has 0 aliphatic rings. The SMILES string of the molecule is Cn1c(CCCNc2ccc(Cl)cc2C#N)nc2ccccc21. The molecule has 0 amide bonds. The predicted octanol–water partition coefficient (Wildman–Crippen LogP) is 4.14. The second kappa shape index (κ2) is 6.72. The molecule has 116 valence electrons. The molecule has 0 aliphatic carbocycles. The highest BCUT2D eigenvalue weighted by Gasteiger charge is 2.07. The van der Waals surface area contributed by atoms with Gasteiger partial charge in [-0.3, -0.25) is 0 Å². The topological polar surface area (TPSA) is 53.6 Å². The van der Waals surface area contributed by atoms with E-state index in [9.17, 15) is 0 Å². The molecule has 0 atom stereocenters. The van der Waals surface area contributed by atoms with Crippen LogP contribution in [0.2, 0.25) is 5.02 Å². The van der Waals surface area contributed by atoms with Gasteiger partial charge in [0.15, 0.2) is 0 Å². The number of hydrogen-bond donors (Lipinski definition) is 1. The van der Waals surface area contributed by atoms with Gasteiger partial charge in [0, 0.05) is 25.0 Å². The van der Waals surface area contributed by atoms with Gasteiger partial charge < -0.3 is 9.88 Å². The van der Waals surface area contributed by atoms with E-state index < -0.39 is 0 Å². The molecule has 5 heteroatoms. The summed E-state index contributed by atoms with van der Waals surface area (Å²) in [5.41, 5.74) is 3.57. The lowest BCUT2D eigenvalue weighted by molar-refractivity contribution is 0.753. The molecule has 3 rings (SSSR count). The van der Waals surface area contributed by atoms with Gasteiger partial charge in [-0.15, -0.1) is 0 Å². The van der Waals surface area contributed by atoms with Gasteiger partial charge in [0.05, 0.1) is 22.3 Å². The molecular weight excluding hydrogens is 308 g/mol. The van der Waals surface area contributed by atoms with E-state index in [0.717, 1.165) is 41.9 Å². The van der Waals surface area contributed by atoms with E-state index >= 15 is 0 Å². The smallest absolute Gasteiger partial charge is 0.109 e. The van der Waals surface area contributed by atoms with E-state index in [1.165, 1.54) is 0 Å². The normalized spacial score (nSPS) is 10.7. The van der Waals surface area contributed by atoms with E-state index in [1.54, 1.807) is 12.1 Å². The van der Waals surface area contributed by atoms with Crippen molar-refractivity contribution in [2.24, 2.45) is 7.05 Å². The quantitative estimate of drug-likeness (QED) is 0.717. The van der Waals surface area contributed by atoms with Crippen LogP contribution in [0.15, 0.2) is 42.5 Å². The van der Waals surface area contributed by atoms with Crippen LogP contribution in [0, 0.1) is 11.3 Å². The third kappa shape index (κ3) is 3.30. The summed E-state index contributed by atoms with van der Waals surface area (Å²) in [4.78, 5) is 4.67. The maximum absolute atomic E-state index is 9.13. The molecule has 23 heavy (non-hydrogen) atoms. The van der Waals surface area contributed by atoms with Gasteiger partial charge >= 0.3 is 0 Å². The van der Waals surface area contributed by atoms with E-state index in [4.69, 9.17) is 16.9 Å². The number of aromatic nitrogens is 2. The minimum Gasteiger partial charge on any atom is -0.384 e. The van der Waals surface area contributed by atoms with Gasteiger partial charge in [0.25, 0.3) is 0 Å². The van der Waals surface area contributed by atoms with Crippen LogP contribution in [0.3, 0.4) is 0 Å². The van der Waals surface area contributed by atoms with Crippen LogP contribution in [0.1, 0.15) is 17.8 Å². The number of aryl methyl sites for hydroxylation is 2. The Kier molecular flexibility index (Phi) is 4.50. The summed E-state index contributed by atoms with van der Waals surface area (Å²) in [6, 6.07) is 15.6. The van der Waals surface area contributed by atoms with Crippen LogP contribution in [0.25, 0.3) is 11.0 Å². The first kappa shape index (κ1) is 15.4. The summed E-state index contributed by atoms with van der Waals surface area (Å²) in [5.74, 6) is 1.07. The first-order valence-electron chi connectivity index (χ1n) is 7.53. The lowest BCUT2D eigenvalue weighted by Gasteiger charge is -2.08. The zero-order valence-electron chi connectivity index (χ0n) is 12.9. The highest BCUT2D eigenvalue weighted by atomic mass is 35.5. The van der Waals surface area contributed by atoms with Crippen LogP contribution < -0.4 is 5.32 Å². The van der Waals surface area contributed by atoms with Crippen molar-refractivity contribution in [3.63, 3.8) is 0 Å². The summed E-state index contributed by atoms with van der Waals surface area (Å²) < 4.78 is 2.14. The molecule has 1 heterocycles. The number of anilines is 1. The maximum atomic E-state index is 9.13. The van der Waals surface area contributed by atoms with Crippen molar-refractivity contribution >= 4 is 28.3 Å². The fourth-order valence-corrected chi connectivity index (χ4v) is 2.82. The molecule has 0 fully saturated rings. The van der Waals surface area contributed by atoms with E-state index in [0.29, 0.717) is 10.6 Å². The molecule has 3 aromatic rings. The largest absolute Gasteiger partial charge is 0.384 e. The lowest BCUT2D eigenvalue weighted by atomic mass is 10.2. The standard InChI is InChI=1S/C18H17ClN4/c1-23-17-6-3-2-5-16(17)22-18(23)7-4-10-21-15-9-8-14(19)11-13(15)12-20/h2-3,5-6,8-9,11,21H,4,7,10H2,1H3. The van der Waals surface area contributed by atoms with Crippen molar-refractivity contribution in [1.29, 1.82) is 5.26 Å². The van der Waals surface area contributed by atoms with Crippen molar-refractivity contribution in [1.82, 2.24) is 9.55 Å². The number of imidazole rings is 1. The number of hydrogen-bond acceptors (Lipinski definition) is 3. The molecule has 0 spiro atoms. The van der Waals surface area contributed by atoms with Crippen molar-refractivity contribution < 1.29 is 0 Å². The van der Waals surface area contributed by atoms with E-state index in [1.807, 2.05) is 31.3 Å². The average molecular weight is 325 g/mol. The fourth-order valence-electron chi connectivity index (χ4n) is 2.65. The number of rotatable bonds is 5. The molecule has 0 saturated carbocycles. The zero-order chi connectivity index (χ0) is 16.2. The molecule has 2 aromatic carbocycles. The predicted molar refractivity (Wildman–Crippen MR) is 93.7 cm³/mol. The number of para-hydroxylation sites is 2. The highest BCUT2D eigenvalue weighted by molar-refractivity contribution is 6.30. The van der Waals surface area contributed by atoms with Crippen molar-refractivity contribution in [3.05, 3.63) is 58.9 Å². The Hall–Kier alpha value is -2.51. The Balaban J connectivity index is 1.61. The van der Waals surface area contributed by atoms with Crippen LogP contribution in [0.4, 0.5) is 5.69 Å². The second-order valence-electron chi connectivity index (χ2n) is 5.41. The van der Waals surface area contributed by atoms with Crippen LogP contribution in [0.5, 0.6) is 0 Å². The summed E-state index contributed by atoms with van der Waals surface area (Å²) in [5, 5.41) is 13.0. The minimum atomic E-state index is 0.570. The molecule has 0 unspecified atom stereocenters. The molecule has 4 nitrogen and oxygen atoms in total. The summed E-state index contributed by atoms with van der Waals surface area (Å²) >= 11 is 5.90. The number of halogens is 1. The second-order valence-corrected chi connectivity index (χ2v) is 5.84. The Morgan fingerprint density at radius 2 is 2.09 bits per heavy atom. The Morgan fingerprint density at radius 3 is 2.87 bits per heavy atom. The Labute approximate surface area is 140 Å². The average Bonchev–Trinajstić information content (AvgIpc) is 2.89. The summed E-state index contributed by atoms with van der Waals surface area (Å²) in [6.07, 6.45) is 1.82. The number of nitrogens with zero attached hydrogens (tertiary/aromatic N) is 3. The first-order chi connectivity index (χ1) is 11.2. The van der Waals surface area contributed by atoms with E-state index in [-0.39, 0.29) is 0 Å². The molecule has 0 aliphatic heterocycles. The number of nitrogens with one attached hydrogen (secondary N) is 1. The summed E-state index contributed by atoms with van der Waals surface area (Å²) in [6.45, 7) is 0.777. The minimum absolute atomic E-state index is 0.570. The van der Waals surface area contributed by atoms with Gasteiger partial charge in [-0.2, -0.15) is 5.26 Å². The van der Waals surface area contributed by atoms with Crippen molar-refractivity contribution in [2.75, 3.05) is 11.9 Å². The molecule has 0 saturated heterocycles. The summed E-state index contributed by atoms with van der Waals surface area (Å²) in [7, 11) is 2.05. The molecular formula is C18H17ClN4. The fraction of sp³-hybridized carbons (Fsp3) is 0.222. The van der Waals surface area contributed by atoms with Crippen LogP contribution >= 0.6 is 11.6 Å². The first-order valence-corrected chi connectivity index (χ1v) is 7.90. The van der Waals surface area contributed by atoms with Crippen LogP contribution in [-0.4, -0.2) is 16.1 Å². The van der Waals surface area contributed by atoms with Crippen molar-refractivity contribution in [2.45, 2.75) is 12.8 Å². The van der Waals surface area contributed by atoms with Crippen LogP contribution in [-0.2, 0) is 13.5 Å². The van der Waals surface area contributed by atoms with Gasteiger partial charge in [-0.1, -0.05) is 23.7 Å². The van der Waals surface area contributed by atoms with Gasteiger partial charge in [-0.05, 0) is 36.8 Å². The molecule has 0 radical (unpaired) electrons. The van der Waals surface area contributed by atoms with Gasteiger partial charge in [-0.25, -0.2) is 4.98 Å².